The zero-order valence-corrected chi connectivity index (χ0v) is 15.5. The number of hydrogen-bond donors (Lipinski definition) is 1. The van der Waals surface area contributed by atoms with Crippen molar-refractivity contribution in [2.75, 3.05) is 26.7 Å². The monoisotopic (exact) mass is 368 g/mol. The maximum atomic E-state index is 12.1. The van der Waals surface area contributed by atoms with Crippen LogP contribution in [0.25, 0.3) is 11.4 Å². The van der Waals surface area contributed by atoms with Gasteiger partial charge >= 0.3 is 0 Å². The van der Waals surface area contributed by atoms with Crippen molar-refractivity contribution in [3.8, 4) is 23.2 Å². The third kappa shape index (κ3) is 4.83. The molecule has 1 aromatic carbocycles. The van der Waals surface area contributed by atoms with Crippen LogP contribution in [-0.2, 0) is 11.3 Å². The number of ether oxygens (including phenoxy) is 1. The van der Waals surface area contributed by atoms with E-state index in [0.29, 0.717) is 18.9 Å². The Hall–Kier alpha value is -2.92. The first-order valence-corrected chi connectivity index (χ1v) is 9.15. The van der Waals surface area contributed by atoms with E-state index in [1.54, 1.807) is 23.0 Å². The number of benzene rings is 1. The fraction of sp³-hybridized carbons (Fsp3) is 0.474. The van der Waals surface area contributed by atoms with Crippen LogP contribution in [-0.4, -0.2) is 58.4 Å². The number of likely N-dealkylation sites (tertiary alicyclic amines) is 1. The van der Waals surface area contributed by atoms with Gasteiger partial charge in [-0.1, -0.05) is 0 Å². The molecule has 0 bridgehead atoms. The van der Waals surface area contributed by atoms with Crippen LogP contribution in [0.5, 0.6) is 5.75 Å². The van der Waals surface area contributed by atoms with E-state index in [0.717, 1.165) is 37.1 Å². The summed E-state index contributed by atoms with van der Waals surface area (Å²) in [6.45, 7) is 2.38. The van der Waals surface area contributed by atoms with Crippen LogP contribution in [0.2, 0.25) is 0 Å². The lowest BCUT2D eigenvalue weighted by Crippen LogP contribution is -2.40. The molecule has 0 spiro atoms. The molecule has 0 radical (unpaired) electrons. The second-order valence-electron chi connectivity index (χ2n) is 6.46. The van der Waals surface area contributed by atoms with Gasteiger partial charge in [-0.05, 0) is 50.1 Å². The summed E-state index contributed by atoms with van der Waals surface area (Å²) >= 11 is 0. The summed E-state index contributed by atoms with van der Waals surface area (Å²) in [6, 6.07) is 9.56. The topological polar surface area (TPSA) is 96.1 Å². The molecule has 27 heavy (non-hydrogen) atoms. The first-order valence-electron chi connectivity index (χ1n) is 9.15. The van der Waals surface area contributed by atoms with E-state index < -0.39 is 0 Å². The molecule has 2 heterocycles. The average Bonchev–Trinajstić information content (AvgIpc) is 3.37. The Kier molecular flexibility index (Phi) is 6.39. The first kappa shape index (κ1) is 18.9. The van der Waals surface area contributed by atoms with Gasteiger partial charge in [0.05, 0.1) is 19.7 Å². The quantitative estimate of drug-likeness (QED) is 0.709. The fourth-order valence-electron chi connectivity index (χ4n) is 3.14. The van der Waals surface area contributed by atoms with E-state index in [1.165, 1.54) is 0 Å². The number of carbonyl (C=O) groups is 1. The van der Waals surface area contributed by atoms with Crippen molar-refractivity contribution in [1.82, 2.24) is 25.0 Å². The summed E-state index contributed by atoms with van der Waals surface area (Å²) in [5.74, 6) is 1.48. The zero-order valence-electron chi connectivity index (χ0n) is 15.5. The van der Waals surface area contributed by atoms with E-state index in [4.69, 9.17) is 10.00 Å². The summed E-state index contributed by atoms with van der Waals surface area (Å²) in [6.07, 6.45) is 4.24. The number of nitriles is 1. The van der Waals surface area contributed by atoms with Crippen molar-refractivity contribution in [2.24, 2.45) is 0 Å². The Labute approximate surface area is 158 Å². The van der Waals surface area contributed by atoms with Crippen LogP contribution in [0.15, 0.2) is 30.6 Å². The molecule has 1 saturated heterocycles. The molecule has 8 heteroatoms. The summed E-state index contributed by atoms with van der Waals surface area (Å²) in [4.78, 5) is 18.1. The number of aromatic nitrogens is 3. The van der Waals surface area contributed by atoms with Crippen molar-refractivity contribution in [3.05, 3.63) is 30.6 Å². The molecule has 1 aromatic heterocycles. The van der Waals surface area contributed by atoms with Crippen LogP contribution in [0.4, 0.5) is 0 Å². The predicted molar refractivity (Wildman–Crippen MR) is 99.8 cm³/mol. The average molecular weight is 368 g/mol. The van der Waals surface area contributed by atoms with Crippen LogP contribution in [0, 0.1) is 11.3 Å². The Morgan fingerprint density at radius 2 is 2.22 bits per heavy atom. The Balaban J connectivity index is 1.39. The van der Waals surface area contributed by atoms with E-state index in [2.05, 4.69) is 21.5 Å². The normalized spacial score (nSPS) is 16.3. The van der Waals surface area contributed by atoms with Crippen molar-refractivity contribution < 1.29 is 9.53 Å². The largest absolute Gasteiger partial charge is 0.497 e. The number of nitrogens with zero attached hydrogens (tertiary/aromatic N) is 5. The van der Waals surface area contributed by atoms with Gasteiger partial charge in [-0.25, -0.2) is 4.98 Å². The van der Waals surface area contributed by atoms with Gasteiger partial charge in [0.25, 0.3) is 0 Å². The predicted octanol–water partition coefficient (Wildman–Crippen LogP) is 1.45. The second kappa shape index (κ2) is 9.14. The number of methoxy groups -OCH3 is 1. The number of carbonyl (C=O) groups excluding carboxylic acids is 1. The summed E-state index contributed by atoms with van der Waals surface area (Å²) < 4.78 is 6.95. The van der Waals surface area contributed by atoms with E-state index >= 15 is 0 Å². The van der Waals surface area contributed by atoms with Crippen molar-refractivity contribution >= 4 is 5.91 Å². The summed E-state index contributed by atoms with van der Waals surface area (Å²) in [5, 5.41) is 16.7. The molecule has 0 unspecified atom stereocenters. The lowest BCUT2D eigenvalue weighted by Gasteiger charge is -2.19. The molecule has 142 valence electrons. The molecule has 0 aliphatic carbocycles. The Morgan fingerprint density at radius 1 is 1.41 bits per heavy atom. The lowest BCUT2D eigenvalue weighted by molar-refractivity contribution is -0.130. The molecule has 1 aliphatic rings. The van der Waals surface area contributed by atoms with E-state index in [9.17, 15) is 4.79 Å². The third-order valence-electron chi connectivity index (χ3n) is 4.62. The highest BCUT2D eigenvalue weighted by Crippen LogP contribution is 2.18. The highest BCUT2D eigenvalue weighted by molar-refractivity contribution is 5.79. The molecule has 1 N–H and O–H groups in total. The third-order valence-corrected chi connectivity index (χ3v) is 4.62. The van der Waals surface area contributed by atoms with E-state index in [1.807, 2.05) is 24.3 Å². The van der Waals surface area contributed by atoms with Gasteiger partial charge in [0.2, 0.25) is 5.91 Å². The minimum absolute atomic E-state index is 0.00148. The van der Waals surface area contributed by atoms with Crippen LogP contribution in [0.3, 0.4) is 0 Å². The number of nitrogens with one attached hydrogen (secondary N) is 1. The van der Waals surface area contributed by atoms with Gasteiger partial charge in [0, 0.05) is 18.7 Å². The number of hydrogen-bond acceptors (Lipinski definition) is 6. The minimum atomic E-state index is -0.258. The Bertz CT molecular complexity index is 795. The molecule has 2 aromatic rings. The second-order valence-corrected chi connectivity index (χ2v) is 6.46. The fourth-order valence-corrected chi connectivity index (χ4v) is 3.14. The van der Waals surface area contributed by atoms with Gasteiger partial charge in [0.1, 0.15) is 18.1 Å². The van der Waals surface area contributed by atoms with Crippen molar-refractivity contribution in [2.45, 2.75) is 31.8 Å². The van der Waals surface area contributed by atoms with Crippen LogP contribution >= 0.6 is 0 Å². The maximum Gasteiger partial charge on any atom is 0.237 e. The molecule has 1 amide bonds. The van der Waals surface area contributed by atoms with Crippen LogP contribution < -0.4 is 10.1 Å². The minimum Gasteiger partial charge on any atom is -0.497 e. The molecule has 3 rings (SSSR count). The van der Waals surface area contributed by atoms with Crippen molar-refractivity contribution in [3.63, 3.8) is 0 Å². The summed E-state index contributed by atoms with van der Waals surface area (Å²) in [7, 11) is 1.64. The highest BCUT2D eigenvalue weighted by Gasteiger charge is 2.27. The van der Waals surface area contributed by atoms with Gasteiger partial charge < -0.3 is 15.0 Å². The van der Waals surface area contributed by atoms with Gasteiger partial charge in [-0.15, -0.1) is 0 Å². The van der Waals surface area contributed by atoms with Gasteiger partial charge in [0.15, 0.2) is 5.82 Å². The Morgan fingerprint density at radius 3 is 2.96 bits per heavy atom. The molecule has 1 fully saturated rings. The lowest BCUT2D eigenvalue weighted by atomic mass is 10.2. The smallest absolute Gasteiger partial charge is 0.237 e. The standard InChI is InChI=1S/C19H24N6O2/c1-27-17-7-5-15(6-8-17)19-22-14-24(23-19)10-3-9-21-13-18(26)25-11-2-4-16(25)12-20/h5-8,14,16,21H,2-4,9-11,13H2,1H3/t16-/m0/s1. The SMILES string of the molecule is COc1ccc(-c2ncn(CCCNCC(=O)N3CCC[C@H]3C#N)n2)cc1. The molecular weight excluding hydrogens is 344 g/mol. The number of amides is 1. The zero-order chi connectivity index (χ0) is 19.1. The maximum absolute atomic E-state index is 12.1. The van der Waals surface area contributed by atoms with Gasteiger partial charge in [-0.2, -0.15) is 10.4 Å². The first-order chi connectivity index (χ1) is 13.2. The molecule has 1 atom stereocenters. The summed E-state index contributed by atoms with van der Waals surface area (Å²) in [5.41, 5.74) is 0.941. The van der Waals surface area contributed by atoms with Gasteiger partial charge in [-0.3, -0.25) is 9.48 Å². The number of rotatable bonds is 8. The molecular formula is C19H24N6O2. The van der Waals surface area contributed by atoms with Crippen LogP contribution in [0.1, 0.15) is 19.3 Å². The molecule has 1 aliphatic heterocycles. The number of aryl methyl sites for hydroxylation is 1. The molecule has 8 nitrogen and oxygen atoms in total. The highest BCUT2D eigenvalue weighted by atomic mass is 16.5. The van der Waals surface area contributed by atoms with Crippen molar-refractivity contribution in [1.29, 1.82) is 5.26 Å². The molecule has 0 saturated carbocycles. The van der Waals surface area contributed by atoms with E-state index in [-0.39, 0.29) is 18.5 Å².